The first-order chi connectivity index (χ1) is 14.8. The van der Waals surface area contributed by atoms with Crippen LogP contribution in [0.2, 0.25) is 0 Å². The van der Waals surface area contributed by atoms with Crippen LogP contribution in [0.25, 0.3) is 16.6 Å². The van der Waals surface area contributed by atoms with Crippen molar-refractivity contribution in [3.05, 3.63) is 70.6 Å². The van der Waals surface area contributed by atoms with E-state index in [9.17, 15) is 13.2 Å². The number of nitrogens with one attached hydrogen (secondary N) is 1. The lowest BCUT2D eigenvalue weighted by molar-refractivity contribution is 0.146. The van der Waals surface area contributed by atoms with Crippen LogP contribution in [-0.4, -0.2) is 25.0 Å². The molecule has 0 spiro atoms. The first kappa shape index (κ1) is 20.8. The fourth-order valence-electron chi connectivity index (χ4n) is 3.62. The molecule has 160 valence electrons. The predicted molar refractivity (Wildman–Crippen MR) is 112 cm³/mol. The Bertz CT molecular complexity index is 1270. The van der Waals surface area contributed by atoms with Gasteiger partial charge in [0.1, 0.15) is 5.82 Å². The molecule has 0 aliphatic rings. The van der Waals surface area contributed by atoms with Crippen molar-refractivity contribution < 1.29 is 13.2 Å². The molecule has 1 N–H and O–H groups in total. The number of fused-ring (bicyclic) bond motifs is 1. The van der Waals surface area contributed by atoms with E-state index in [2.05, 4.69) is 25.6 Å². The summed E-state index contributed by atoms with van der Waals surface area (Å²) < 4.78 is 42.6. The smallest absolute Gasteiger partial charge is 0.266 e. The molecule has 0 fully saturated rings. The van der Waals surface area contributed by atoms with Crippen LogP contribution in [0.5, 0.6) is 0 Å². The van der Waals surface area contributed by atoms with E-state index in [1.54, 1.807) is 24.7 Å². The molecular formula is C22H21F3N6. The van der Waals surface area contributed by atoms with E-state index in [0.29, 0.717) is 22.4 Å². The summed E-state index contributed by atoms with van der Waals surface area (Å²) in [4.78, 5) is 4.53. The summed E-state index contributed by atoms with van der Waals surface area (Å²) in [5, 5.41) is 16.6. The number of benzene rings is 1. The molecular weight excluding hydrogens is 405 g/mol. The van der Waals surface area contributed by atoms with Crippen LogP contribution in [0.15, 0.2) is 36.5 Å². The maximum atomic E-state index is 14.6. The van der Waals surface area contributed by atoms with Crippen molar-refractivity contribution in [1.82, 2.24) is 25.0 Å². The zero-order valence-corrected chi connectivity index (χ0v) is 17.5. The van der Waals surface area contributed by atoms with Crippen LogP contribution in [0, 0.1) is 26.6 Å². The molecule has 0 saturated carbocycles. The molecule has 31 heavy (non-hydrogen) atoms. The molecule has 0 amide bonds. The molecule has 4 rings (SSSR count). The van der Waals surface area contributed by atoms with Crippen LogP contribution in [-0.2, 0) is 0 Å². The van der Waals surface area contributed by atoms with E-state index in [0.717, 1.165) is 23.1 Å². The van der Waals surface area contributed by atoms with Crippen LogP contribution in [0.4, 0.5) is 19.0 Å². The average Bonchev–Trinajstić information content (AvgIpc) is 3.07. The number of hydrogen-bond acceptors (Lipinski definition) is 5. The topological polar surface area (TPSA) is 68.5 Å². The molecule has 0 unspecified atom stereocenters. The van der Waals surface area contributed by atoms with E-state index in [4.69, 9.17) is 0 Å². The normalized spacial score (nSPS) is 12.5. The Morgan fingerprint density at radius 2 is 1.77 bits per heavy atom. The molecule has 0 radical (unpaired) electrons. The molecule has 4 aromatic rings. The third-order valence-electron chi connectivity index (χ3n) is 5.14. The largest absolute Gasteiger partial charge is 0.361 e. The molecule has 3 aromatic heterocycles. The molecule has 6 nitrogen and oxygen atoms in total. The summed E-state index contributed by atoms with van der Waals surface area (Å²) in [5.41, 5.74) is 3.34. The van der Waals surface area contributed by atoms with Gasteiger partial charge >= 0.3 is 0 Å². The standard InChI is InChI=1S/C22H21F3N6/c1-11-8-12(2)31(30-11)15-9-18-20(26-10-15)14(4)28-29-22(18)27-13(3)16-6-5-7-17(19(16)23)21(24)25/h5-10,13,21H,1-4H3,(H,27,29)/t13-/m1/s1. The van der Waals surface area contributed by atoms with E-state index >= 15 is 0 Å². The Labute approximate surface area is 177 Å². The SMILES string of the molecule is Cc1cc(C)n(-c2cnc3c(C)nnc(N[C@H](C)c4cccc(C(F)F)c4F)c3c2)n1. The summed E-state index contributed by atoms with van der Waals surface area (Å²) in [5.74, 6) is -0.547. The van der Waals surface area contributed by atoms with Gasteiger partial charge in [0.15, 0.2) is 5.82 Å². The summed E-state index contributed by atoms with van der Waals surface area (Å²) in [6.45, 7) is 7.33. The minimum Gasteiger partial charge on any atom is -0.361 e. The van der Waals surface area contributed by atoms with Crippen molar-refractivity contribution in [2.45, 2.75) is 40.2 Å². The average molecular weight is 426 g/mol. The van der Waals surface area contributed by atoms with Crippen LogP contribution < -0.4 is 5.32 Å². The number of hydrogen-bond donors (Lipinski definition) is 1. The van der Waals surface area contributed by atoms with Gasteiger partial charge in [0, 0.05) is 16.6 Å². The van der Waals surface area contributed by atoms with Gasteiger partial charge in [-0.05, 0) is 39.8 Å². The Morgan fingerprint density at radius 1 is 1.03 bits per heavy atom. The van der Waals surface area contributed by atoms with Gasteiger partial charge in [0.2, 0.25) is 0 Å². The minimum atomic E-state index is -2.89. The highest BCUT2D eigenvalue weighted by molar-refractivity contribution is 5.91. The van der Waals surface area contributed by atoms with Gasteiger partial charge in [-0.2, -0.15) is 10.2 Å². The van der Waals surface area contributed by atoms with Crippen LogP contribution >= 0.6 is 0 Å². The monoisotopic (exact) mass is 426 g/mol. The Morgan fingerprint density at radius 3 is 2.45 bits per heavy atom. The Kier molecular flexibility index (Phi) is 5.34. The van der Waals surface area contributed by atoms with Gasteiger partial charge in [-0.3, -0.25) is 4.98 Å². The minimum absolute atomic E-state index is 0.121. The summed E-state index contributed by atoms with van der Waals surface area (Å²) in [6.07, 6.45) is -1.19. The van der Waals surface area contributed by atoms with Crippen molar-refractivity contribution in [3.8, 4) is 5.69 Å². The molecule has 0 bridgehead atoms. The van der Waals surface area contributed by atoms with E-state index < -0.39 is 23.8 Å². The van der Waals surface area contributed by atoms with Crippen molar-refractivity contribution in [1.29, 1.82) is 0 Å². The predicted octanol–water partition coefficient (Wildman–Crippen LogP) is 5.39. The van der Waals surface area contributed by atoms with Crippen molar-refractivity contribution in [3.63, 3.8) is 0 Å². The maximum Gasteiger partial charge on any atom is 0.266 e. The number of nitrogens with zero attached hydrogens (tertiary/aromatic N) is 5. The number of halogens is 3. The van der Waals surface area contributed by atoms with Gasteiger partial charge in [0.25, 0.3) is 6.43 Å². The van der Waals surface area contributed by atoms with Gasteiger partial charge in [0.05, 0.1) is 40.4 Å². The number of alkyl halides is 2. The van der Waals surface area contributed by atoms with Gasteiger partial charge < -0.3 is 5.32 Å². The third kappa shape index (κ3) is 3.83. The summed E-state index contributed by atoms with van der Waals surface area (Å²) >= 11 is 0. The first-order valence-electron chi connectivity index (χ1n) is 9.76. The first-order valence-corrected chi connectivity index (χ1v) is 9.76. The van der Waals surface area contributed by atoms with Gasteiger partial charge in [-0.15, -0.1) is 5.10 Å². The molecule has 1 atom stereocenters. The second-order valence-electron chi connectivity index (χ2n) is 7.48. The molecule has 0 aliphatic heterocycles. The molecule has 3 heterocycles. The maximum absolute atomic E-state index is 14.6. The van der Waals surface area contributed by atoms with Crippen LogP contribution in [0.1, 0.15) is 47.6 Å². The van der Waals surface area contributed by atoms with E-state index in [1.807, 2.05) is 26.0 Å². The molecule has 9 heteroatoms. The lowest BCUT2D eigenvalue weighted by Crippen LogP contribution is -2.13. The lowest BCUT2D eigenvalue weighted by atomic mass is 10.0. The third-order valence-corrected chi connectivity index (χ3v) is 5.14. The second-order valence-corrected chi connectivity index (χ2v) is 7.48. The molecule has 0 saturated heterocycles. The highest BCUT2D eigenvalue weighted by Crippen LogP contribution is 2.31. The van der Waals surface area contributed by atoms with Crippen molar-refractivity contribution >= 4 is 16.7 Å². The quantitative estimate of drug-likeness (QED) is 0.464. The highest BCUT2D eigenvalue weighted by Gasteiger charge is 2.21. The summed E-state index contributed by atoms with van der Waals surface area (Å²) in [7, 11) is 0. The fraction of sp³-hybridized carbons (Fsp3) is 0.273. The number of rotatable bonds is 5. The zero-order chi connectivity index (χ0) is 22.3. The summed E-state index contributed by atoms with van der Waals surface area (Å²) in [6, 6.07) is 7.19. The van der Waals surface area contributed by atoms with Gasteiger partial charge in [-0.1, -0.05) is 18.2 Å². The number of pyridine rings is 1. The van der Waals surface area contributed by atoms with Crippen molar-refractivity contribution in [2.75, 3.05) is 5.32 Å². The van der Waals surface area contributed by atoms with Crippen molar-refractivity contribution in [2.24, 2.45) is 0 Å². The molecule has 1 aromatic carbocycles. The Hall–Kier alpha value is -3.49. The second kappa shape index (κ2) is 7.98. The lowest BCUT2D eigenvalue weighted by Gasteiger charge is -2.18. The van der Waals surface area contributed by atoms with Gasteiger partial charge in [-0.25, -0.2) is 17.9 Å². The number of aromatic nitrogens is 5. The highest BCUT2D eigenvalue weighted by atomic mass is 19.3. The molecule has 0 aliphatic carbocycles. The number of anilines is 1. The van der Waals surface area contributed by atoms with Crippen LogP contribution in [0.3, 0.4) is 0 Å². The fourth-order valence-corrected chi connectivity index (χ4v) is 3.62. The van der Waals surface area contributed by atoms with E-state index in [1.165, 1.54) is 12.1 Å². The zero-order valence-electron chi connectivity index (χ0n) is 17.5. The number of aryl methyl sites for hydroxylation is 3. The van der Waals surface area contributed by atoms with E-state index in [-0.39, 0.29) is 5.56 Å². The Balaban J connectivity index is 1.77.